The third-order valence-electron chi connectivity index (χ3n) is 5.83. The van der Waals surface area contributed by atoms with E-state index in [0.717, 1.165) is 18.5 Å². The lowest BCUT2D eigenvalue weighted by molar-refractivity contribution is -0.132. The molecule has 2 saturated heterocycles. The molecule has 4 atom stereocenters. The monoisotopic (exact) mass is 367 g/mol. The fourth-order valence-electron chi connectivity index (χ4n) is 4.47. The van der Waals surface area contributed by atoms with Crippen LogP contribution in [0.2, 0.25) is 0 Å². The Balaban J connectivity index is 1.40. The van der Waals surface area contributed by atoms with Crippen LogP contribution in [0.15, 0.2) is 36.4 Å². The summed E-state index contributed by atoms with van der Waals surface area (Å²) in [7, 11) is 0. The van der Waals surface area contributed by atoms with Crippen molar-refractivity contribution in [3.05, 3.63) is 36.4 Å². The van der Waals surface area contributed by atoms with E-state index in [1.54, 1.807) is 29.2 Å². The minimum absolute atomic E-state index is 0.0741. The number of anilines is 2. The van der Waals surface area contributed by atoms with Gasteiger partial charge in [-0.05, 0) is 37.1 Å². The fraction of sp³-hybridized carbons (Fsp3) is 0.450. The maximum atomic E-state index is 13.2. The van der Waals surface area contributed by atoms with Crippen molar-refractivity contribution in [3.8, 4) is 0 Å². The van der Waals surface area contributed by atoms with Gasteiger partial charge in [-0.2, -0.15) is 0 Å². The van der Waals surface area contributed by atoms with E-state index in [4.69, 9.17) is 4.74 Å². The number of fused-ring (bicyclic) bond motifs is 1. The topological polar surface area (TPSA) is 87.7 Å². The molecule has 2 unspecified atom stereocenters. The quantitative estimate of drug-likeness (QED) is 0.783. The lowest BCUT2D eigenvalue weighted by Gasteiger charge is -2.23. The summed E-state index contributed by atoms with van der Waals surface area (Å²) in [5.41, 5.74) is 0.693. The van der Waals surface area contributed by atoms with Crippen molar-refractivity contribution in [1.82, 2.24) is 5.32 Å². The van der Waals surface area contributed by atoms with E-state index >= 15 is 0 Å². The minimum atomic E-state index is -0.719. The van der Waals surface area contributed by atoms with Gasteiger partial charge >= 0.3 is 0 Å². The lowest BCUT2D eigenvalue weighted by atomic mass is 9.77. The standard InChI is InChI=1S/C20H21N3O4/c1-11(24)21-12-4-6-14(7-5-12)23-10-20-9-8-15(27-20)16(17(20)19(23)26)18(25)22-13-2-3-13/h4-9,13,15-17H,2-3,10H2,1H3,(H,21,24)(H,22,25)/t15-,16?,17?,20-/m0/s1. The van der Waals surface area contributed by atoms with Gasteiger partial charge in [0.2, 0.25) is 17.7 Å². The molecule has 5 rings (SSSR count). The van der Waals surface area contributed by atoms with Gasteiger partial charge in [0.1, 0.15) is 5.60 Å². The van der Waals surface area contributed by atoms with Crippen molar-refractivity contribution in [2.45, 2.75) is 37.5 Å². The molecule has 3 amide bonds. The fourth-order valence-corrected chi connectivity index (χ4v) is 4.47. The number of nitrogens with one attached hydrogen (secondary N) is 2. The summed E-state index contributed by atoms with van der Waals surface area (Å²) >= 11 is 0. The summed E-state index contributed by atoms with van der Waals surface area (Å²) < 4.78 is 6.13. The Kier molecular flexibility index (Phi) is 3.46. The van der Waals surface area contributed by atoms with E-state index in [9.17, 15) is 14.4 Å². The molecular formula is C20H21N3O4. The maximum absolute atomic E-state index is 13.2. The highest BCUT2D eigenvalue weighted by atomic mass is 16.5. The second-order valence-corrected chi connectivity index (χ2v) is 7.84. The van der Waals surface area contributed by atoms with Gasteiger partial charge in [0, 0.05) is 24.3 Å². The zero-order valence-electron chi connectivity index (χ0n) is 15.0. The molecule has 3 fully saturated rings. The summed E-state index contributed by atoms with van der Waals surface area (Å²) in [5, 5.41) is 5.74. The molecule has 3 aliphatic heterocycles. The molecule has 1 aromatic carbocycles. The molecule has 1 aliphatic carbocycles. The Hall–Kier alpha value is -2.67. The van der Waals surface area contributed by atoms with Crippen LogP contribution in [0.3, 0.4) is 0 Å². The molecule has 4 aliphatic rings. The van der Waals surface area contributed by atoms with Gasteiger partial charge in [-0.25, -0.2) is 0 Å². The van der Waals surface area contributed by atoms with Gasteiger partial charge in [-0.1, -0.05) is 12.2 Å². The number of amides is 3. The molecule has 2 N–H and O–H groups in total. The molecule has 1 saturated carbocycles. The van der Waals surface area contributed by atoms with E-state index in [2.05, 4.69) is 10.6 Å². The smallest absolute Gasteiger partial charge is 0.234 e. The van der Waals surface area contributed by atoms with E-state index in [-0.39, 0.29) is 29.9 Å². The van der Waals surface area contributed by atoms with Crippen LogP contribution < -0.4 is 15.5 Å². The zero-order valence-corrected chi connectivity index (χ0v) is 15.0. The molecule has 2 bridgehead atoms. The predicted molar refractivity (Wildman–Crippen MR) is 98.0 cm³/mol. The summed E-state index contributed by atoms with van der Waals surface area (Å²) in [5.74, 6) is -1.25. The van der Waals surface area contributed by atoms with E-state index in [1.165, 1.54) is 6.92 Å². The number of hydrogen-bond acceptors (Lipinski definition) is 4. The van der Waals surface area contributed by atoms with Crippen LogP contribution in [0.5, 0.6) is 0 Å². The predicted octanol–water partition coefficient (Wildman–Crippen LogP) is 1.21. The van der Waals surface area contributed by atoms with Crippen LogP contribution in [0.4, 0.5) is 11.4 Å². The Labute approximate surface area is 156 Å². The average Bonchev–Trinajstić information content (AvgIpc) is 3.16. The molecule has 27 heavy (non-hydrogen) atoms. The Bertz CT molecular complexity index is 860. The first-order chi connectivity index (χ1) is 13.0. The molecule has 3 heterocycles. The molecular weight excluding hydrogens is 346 g/mol. The first-order valence-corrected chi connectivity index (χ1v) is 9.33. The summed E-state index contributed by atoms with van der Waals surface area (Å²) in [6.07, 6.45) is 5.58. The van der Waals surface area contributed by atoms with Crippen LogP contribution >= 0.6 is 0 Å². The van der Waals surface area contributed by atoms with Gasteiger partial charge < -0.3 is 20.3 Å². The first kappa shape index (κ1) is 16.5. The Morgan fingerprint density at radius 3 is 2.63 bits per heavy atom. The van der Waals surface area contributed by atoms with E-state index in [0.29, 0.717) is 12.2 Å². The Morgan fingerprint density at radius 1 is 1.22 bits per heavy atom. The minimum Gasteiger partial charge on any atom is -0.360 e. The van der Waals surface area contributed by atoms with Crippen molar-refractivity contribution in [2.75, 3.05) is 16.8 Å². The number of nitrogens with zero attached hydrogens (tertiary/aromatic N) is 1. The normalized spacial score (nSPS) is 33.3. The summed E-state index contributed by atoms with van der Waals surface area (Å²) in [6, 6.07) is 7.39. The molecule has 0 aromatic heterocycles. The van der Waals surface area contributed by atoms with Crippen LogP contribution in [0.25, 0.3) is 0 Å². The van der Waals surface area contributed by atoms with Gasteiger partial charge in [0.05, 0.1) is 24.5 Å². The van der Waals surface area contributed by atoms with Crippen molar-refractivity contribution in [2.24, 2.45) is 11.8 Å². The molecule has 1 aromatic rings. The van der Waals surface area contributed by atoms with Crippen molar-refractivity contribution < 1.29 is 19.1 Å². The number of benzene rings is 1. The second kappa shape index (κ2) is 5.66. The summed E-state index contributed by atoms with van der Waals surface area (Å²) in [6.45, 7) is 1.85. The average molecular weight is 367 g/mol. The first-order valence-electron chi connectivity index (χ1n) is 9.33. The number of hydrogen-bond donors (Lipinski definition) is 2. The van der Waals surface area contributed by atoms with E-state index in [1.807, 2.05) is 12.2 Å². The third-order valence-corrected chi connectivity index (χ3v) is 5.83. The molecule has 7 nitrogen and oxygen atoms in total. The molecule has 1 spiro atoms. The number of ether oxygens (including phenoxy) is 1. The van der Waals surface area contributed by atoms with Crippen molar-refractivity contribution >= 4 is 29.1 Å². The maximum Gasteiger partial charge on any atom is 0.234 e. The van der Waals surface area contributed by atoms with Gasteiger partial charge in [0.15, 0.2) is 0 Å². The Morgan fingerprint density at radius 2 is 1.96 bits per heavy atom. The molecule has 140 valence electrons. The van der Waals surface area contributed by atoms with Crippen LogP contribution in [0, 0.1) is 11.8 Å². The highest BCUT2D eigenvalue weighted by molar-refractivity contribution is 6.03. The van der Waals surface area contributed by atoms with E-state index < -0.39 is 17.4 Å². The van der Waals surface area contributed by atoms with Crippen molar-refractivity contribution in [3.63, 3.8) is 0 Å². The summed E-state index contributed by atoms with van der Waals surface area (Å²) in [4.78, 5) is 38.8. The third kappa shape index (κ3) is 2.56. The number of carbonyl (C=O) groups excluding carboxylic acids is 3. The van der Waals surface area contributed by atoms with Crippen LogP contribution in [0.1, 0.15) is 19.8 Å². The SMILES string of the molecule is CC(=O)Nc1ccc(N2C[C@]34C=C[C@H](O3)C(C(=O)NC3CC3)C4C2=O)cc1. The zero-order chi connectivity index (χ0) is 18.8. The van der Waals surface area contributed by atoms with Gasteiger partial charge in [-0.3, -0.25) is 14.4 Å². The number of rotatable bonds is 4. The molecule has 0 radical (unpaired) electrons. The molecule has 7 heteroatoms. The number of carbonyl (C=O) groups is 3. The van der Waals surface area contributed by atoms with Gasteiger partial charge in [0.25, 0.3) is 0 Å². The second-order valence-electron chi connectivity index (χ2n) is 7.84. The highest BCUT2D eigenvalue weighted by Gasteiger charge is 2.67. The largest absolute Gasteiger partial charge is 0.360 e. The van der Waals surface area contributed by atoms with Crippen LogP contribution in [-0.4, -0.2) is 42.0 Å². The highest BCUT2D eigenvalue weighted by Crippen LogP contribution is 2.52. The van der Waals surface area contributed by atoms with Gasteiger partial charge in [-0.15, -0.1) is 0 Å². The van der Waals surface area contributed by atoms with Crippen molar-refractivity contribution in [1.29, 1.82) is 0 Å². The lowest BCUT2D eigenvalue weighted by Crippen LogP contribution is -2.44. The van der Waals surface area contributed by atoms with Crippen LogP contribution in [-0.2, 0) is 19.1 Å².